The quantitative estimate of drug-likeness (QED) is 0.804. The first kappa shape index (κ1) is 11.5. The molecule has 0 saturated heterocycles. The van der Waals surface area contributed by atoms with Crippen molar-refractivity contribution in [3.8, 4) is 0 Å². The molecule has 0 atom stereocenters. The maximum Gasteiger partial charge on any atom is 0.0722 e. The topological polar surface area (TPSA) is 12.9 Å². The Balaban J connectivity index is 2.45. The van der Waals surface area contributed by atoms with Gasteiger partial charge in [0.1, 0.15) is 0 Å². The lowest BCUT2D eigenvalue weighted by Gasteiger charge is -2.01. The van der Waals surface area contributed by atoms with Gasteiger partial charge in [0, 0.05) is 16.6 Å². The third-order valence-electron chi connectivity index (χ3n) is 2.33. The number of halogens is 1. The molecule has 0 bridgehead atoms. The van der Waals surface area contributed by atoms with Crippen LogP contribution in [0.2, 0.25) is 5.02 Å². The van der Waals surface area contributed by atoms with E-state index in [1.54, 1.807) is 6.20 Å². The maximum atomic E-state index is 5.93. The Kier molecular flexibility index (Phi) is 3.86. The molecule has 1 heterocycles. The van der Waals surface area contributed by atoms with Crippen molar-refractivity contribution < 1.29 is 0 Å². The van der Waals surface area contributed by atoms with E-state index in [4.69, 9.17) is 11.6 Å². The zero-order valence-corrected chi connectivity index (χ0v) is 10.4. The molecule has 0 aliphatic heterocycles. The molecule has 0 N–H and O–H groups in total. The molecule has 0 aliphatic rings. The van der Waals surface area contributed by atoms with Gasteiger partial charge in [0.05, 0.1) is 5.52 Å². The number of hydrogen-bond acceptors (Lipinski definition) is 2. The molecule has 3 heteroatoms. The van der Waals surface area contributed by atoms with E-state index in [1.165, 1.54) is 5.56 Å². The van der Waals surface area contributed by atoms with Gasteiger partial charge in [-0.05, 0) is 35.9 Å². The van der Waals surface area contributed by atoms with E-state index in [1.807, 2.05) is 24.3 Å². The lowest BCUT2D eigenvalue weighted by molar-refractivity contribution is 1.26. The van der Waals surface area contributed by atoms with Crippen LogP contribution in [0.15, 0.2) is 36.5 Å². The van der Waals surface area contributed by atoms with Crippen LogP contribution in [-0.2, 0) is 0 Å². The third kappa shape index (κ3) is 2.57. The highest BCUT2D eigenvalue weighted by molar-refractivity contribution is 7.80. The molecule has 1 aromatic carbocycles. The first-order valence-corrected chi connectivity index (χ1v) is 6.14. The summed E-state index contributed by atoms with van der Waals surface area (Å²) in [6.07, 6.45) is 7.00. The first-order chi connectivity index (χ1) is 7.81. The number of fused-ring (bicyclic) bond motifs is 1. The Morgan fingerprint density at radius 2 is 2.19 bits per heavy atom. The van der Waals surface area contributed by atoms with E-state index in [0.717, 1.165) is 28.1 Å². The van der Waals surface area contributed by atoms with Gasteiger partial charge < -0.3 is 0 Å². The van der Waals surface area contributed by atoms with Crippen LogP contribution >= 0.6 is 24.2 Å². The predicted molar refractivity (Wildman–Crippen MR) is 74.3 cm³/mol. The fourth-order valence-electron chi connectivity index (χ4n) is 1.57. The van der Waals surface area contributed by atoms with Gasteiger partial charge in [0.15, 0.2) is 0 Å². The van der Waals surface area contributed by atoms with Crippen molar-refractivity contribution in [3.63, 3.8) is 0 Å². The average Bonchev–Trinajstić information content (AvgIpc) is 2.29. The Hall–Kier alpha value is -0.990. The molecule has 0 fully saturated rings. The van der Waals surface area contributed by atoms with E-state index in [0.29, 0.717) is 0 Å². The van der Waals surface area contributed by atoms with Crippen molar-refractivity contribution in [2.24, 2.45) is 0 Å². The van der Waals surface area contributed by atoms with Gasteiger partial charge >= 0.3 is 0 Å². The molecule has 1 nitrogen and oxygen atoms in total. The number of thiol groups is 1. The molecular weight excluding hydrogens is 238 g/mol. The normalized spacial score (nSPS) is 11.4. The molecule has 82 valence electrons. The van der Waals surface area contributed by atoms with E-state index >= 15 is 0 Å². The average molecular weight is 250 g/mol. The van der Waals surface area contributed by atoms with Gasteiger partial charge in [0.25, 0.3) is 0 Å². The highest BCUT2D eigenvalue weighted by atomic mass is 35.5. The SMILES string of the molecule is SCCC=Cc1ccnc2cc(Cl)ccc12. The Morgan fingerprint density at radius 1 is 1.31 bits per heavy atom. The van der Waals surface area contributed by atoms with E-state index in [9.17, 15) is 0 Å². The van der Waals surface area contributed by atoms with Gasteiger partial charge in [-0.3, -0.25) is 4.98 Å². The van der Waals surface area contributed by atoms with Crippen molar-refractivity contribution in [2.75, 3.05) is 5.75 Å². The molecule has 0 unspecified atom stereocenters. The number of pyridine rings is 1. The van der Waals surface area contributed by atoms with Crippen LogP contribution in [0.3, 0.4) is 0 Å². The maximum absolute atomic E-state index is 5.93. The van der Waals surface area contributed by atoms with Crippen LogP contribution in [0.25, 0.3) is 17.0 Å². The number of hydrogen-bond donors (Lipinski definition) is 1. The molecule has 0 amide bonds. The van der Waals surface area contributed by atoms with Crippen molar-refractivity contribution in [1.29, 1.82) is 0 Å². The zero-order chi connectivity index (χ0) is 11.4. The molecular formula is C13H12ClNS. The standard InChI is InChI=1S/C13H12ClNS/c14-11-4-5-12-10(3-1-2-8-16)6-7-15-13(12)9-11/h1,3-7,9,16H,2,8H2. The van der Waals surface area contributed by atoms with E-state index in [2.05, 4.69) is 29.8 Å². The van der Waals surface area contributed by atoms with Crippen molar-refractivity contribution in [3.05, 3.63) is 47.1 Å². The van der Waals surface area contributed by atoms with Crippen LogP contribution in [0, 0.1) is 0 Å². The molecule has 16 heavy (non-hydrogen) atoms. The molecule has 0 radical (unpaired) electrons. The third-order valence-corrected chi connectivity index (χ3v) is 2.82. The van der Waals surface area contributed by atoms with Crippen LogP contribution in [-0.4, -0.2) is 10.7 Å². The molecule has 0 saturated carbocycles. The van der Waals surface area contributed by atoms with Gasteiger partial charge in [-0.15, -0.1) is 0 Å². The molecule has 1 aromatic heterocycles. The number of rotatable bonds is 3. The number of benzene rings is 1. The van der Waals surface area contributed by atoms with E-state index in [-0.39, 0.29) is 0 Å². The van der Waals surface area contributed by atoms with Crippen LogP contribution in [0.4, 0.5) is 0 Å². The van der Waals surface area contributed by atoms with Crippen molar-refractivity contribution >= 4 is 41.2 Å². The lowest BCUT2D eigenvalue weighted by Crippen LogP contribution is -1.82. The number of allylic oxidation sites excluding steroid dienone is 1. The van der Waals surface area contributed by atoms with Crippen LogP contribution in [0.1, 0.15) is 12.0 Å². The van der Waals surface area contributed by atoms with Gasteiger partial charge in [-0.1, -0.05) is 29.8 Å². The molecule has 0 spiro atoms. The molecule has 0 aliphatic carbocycles. The zero-order valence-electron chi connectivity index (χ0n) is 8.73. The highest BCUT2D eigenvalue weighted by Gasteiger charge is 1.99. The van der Waals surface area contributed by atoms with Gasteiger partial charge in [0.2, 0.25) is 0 Å². The monoisotopic (exact) mass is 249 g/mol. The Labute approximate surface area is 106 Å². The second kappa shape index (κ2) is 5.37. The van der Waals surface area contributed by atoms with Crippen molar-refractivity contribution in [1.82, 2.24) is 4.98 Å². The summed E-state index contributed by atoms with van der Waals surface area (Å²) >= 11 is 10.1. The fraction of sp³-hybridized carbons (Fsp3) is 0.154. The number of nitrogens with zero attached hydrogens (tertiary/aromatic N) is 1. The largest absolute Gasteiger partial charge is 0.256 e. The summed E-state index contributed by atoms with van der Waals surface area (Å²) in [6.45, 7) is 0. The fourth-order valence-corrected chi connectivity index (χ4v) is 1.89. The minimum absolute atomic E-state index is 0.719. The number of aromatic nitrogens is 1. The second-order valence-electron chi connectivity index (χ2n) is 3.48. The summed E-state index contributed by atoms with van der Waals surface area (Å²) in [5.41, 5.74) is 2.10. The smallest absolute Gasteiger partial charge is 0.0722 e. The summed E-state index contributed by atoms with van der Waals surface area (Å²) in [5, 5.41) is 1.85. The second-order valence-corrected chi connectivity index (χ2v) is 4.36. The minimum Gasteiger partial charge on any atom is -0.256 e. The minimum atomic E-state index is 0.719. The first-order valence-electron chi connectivity index (χ1n) is 5.13. The summed E-state index contributed by atoms with van der Waals surface area (Å²) in [5.74, 6) is 0.866. The molecule has 2 aromatic rings. The van der Waals surface area contributed by atoms with Crippen LogP contribution < -0.4 is 0 Å². The van der Waals surface area contributed by atoms with Crippen molar-refractivity contribution in [2.45, 2.75) is 6.42 Å². The summed E-state index contributed by atoms with van der Waals surface area (Å²) in [7, 11) is 0. The molecule has 2 rings (SSSR count). The predicted octanol–water partition coefficient (Wildman–Crippen LogP) is 4.22. The summed E-state index contributed by atoms with van der Waals surface area (Å²) in [6, 6.07) is 7.78. The van der Waals surface area contributed by atoms with Gasteiger partial charge in [-0.2, -0.15) is 12.6 Å². The summed E-state index contributed by atoms with van der Waals surface area (Å²) in [4.78, 5) is 4.30. The summed E-state index contributed by atoms with van der Waals surface area (Å²) < 4.78 is 0. The Morgan fingerprint density at radius 3 is 3.00 bits per heavy atom. The van der Waals surface area contributed by atoms with E-state index < -0.39 is 0 Å². The van der Waals surface area contributed by atoms with Gasteiger partial charge in [-0.25, -0.2) is 0 Å². The highest BCUT2D eigenvalue weighted by Crippen LogP contribution is 2.21. The Bertz CT molecular complexity index is 522. The lowest BCUT2D eigenvalue weighted by atomic mass is 10.1. The van der Waals surface area contributed by atoms with Crippen LogP contribution in [0.5, 0.6) is 0 Å².